The van der Waals surface area contributed by atoms with Gasteiger partial charge in [0.25, 0.3) is 0 Å². The fraction of sp³-hybridized carbons (Fsp3) is 0.500. The third-order valence-corrected chi connectivity index (χ3v) is 2.37. The van der Waals surface area contributed by atoms with Gasteiger partial charge in [0, 0.05) is 12.6 Å². The summed E-state index contributed by atoms with van der Waals surface area (Å²) in [6.45, 7) is -0.611. The SMILES string of the molecule is COc1ccc(CN[C@H](C)CO)cc1OC(F)F. The standard InChI is InChI=1S/C12H17F2NO3/c1-8(7-16)15-6-9-3-4-10(17-2)11(5-9)18-12(13)14/h3-5,8,12,15-16H,6-7H2,1-2H3/t8-/m1/s1. The van der Waals surface area contributed by atoms with Gasteiger partial charge in [-0.25, -0.2) is 0 Å². The van der Waals surface area contributed by atoms with Crippen LogP contribution < -0.4 is 14.8 Å². The molecule has 0 bridgehead atoms. The van der Waals surface area contributed by atoms with Crippen molar-refractivity contribution in [2.24, 2.45) is 0 Å². The van der Waals surface area contributed by atoms with Crippen molar-refractivity contribution in [2.45, 2.75) is 26.1 Å². The van der Waals surface area contributed by atoms with Crippen molar-refractivity contribution >= 4 is 0 Å². The maximum atomic E-state index is 12.2. The largest absolute Gasteiger partial charge is 0.493 e. The molecule has 4 nitrogen and oxygen atoms in total. The Morgan fingerprint density at radius 1 is 1.33 bits per heavy atom. The van der Waals surface area contributed by atoms with Crippen LogP contribution in [0.25, 0.3) is 0 Å². The third kappa shape index (κ3) is 4.46. The molecule has 6 heteroatoms. The minimum atomic E-state index is -2.89. The fourth-order valence-corrected chi connectivity index (χ4v) is 1.38. The van der Waals surface area contributed by atoms with Gasteiger partial charge >= 0.3 is 6.61 Å². The molecule has 0 unspecified atom stereocenters. The van der Waals surface area contributed by atoms with Gasteiger partial charge in [-0.2, -0.15) is 8.78 Å². The molecule has 0 fully saturated rings. The second kappa shape index (κ2) is 7.13. The zero-order chi connectivity index (χ0) is 13.5. The molecule has 0 radical (unpaired) electrons. The zero-order valence-corrected chi connectivity index (χ0v) is 10.3. The predicted octanol–water partition coefficient (Wildman–Crippen LogP) is 1.77. The van der Waals surface area contributed by atoms with E-state index in [1.54, 1.807) is 12.1 Å². The number of benzene rings is 1. The smallest absolute Gasteiger partial charge is 0.387 e. The van der Waals surface area contributed by atoms with Crippen molar-refractivity contribution in [1.29, 1.82) is 0 Å². The van der Waals surface area contributed by atoms with Crippen LogP contribution in [0.4, 0.5) is 8.78 Å². The summed E-state index contributed by atoms with van der Waals surface area (Å²) < 4.78 is 33.7. The number of hydrogen-bond donors (Lipinski definition) is 2. The normalized spacial score (nSPS) is 12.6. The van der Waals surface area contributed by atoms with Crippen LogP contribution in [0.2, 0.25) is 0 Å². The van der Waals surface area contributed by atoms with Crippen molar-refractivity contribution in [3.63, 3.8) is 0 Å². The molecule has 0 aliphatic carbocycles. The highest BCUT2D eigenvalue weighted by Crippen LogP contribution is 2.29. The Balaban J connectivity index is 2.75. The third-order valence-electron chi connectivity index (χ3n) is 2.37. The van der Waals surface area contributed by atoms with Gasteiger partial charge < -0.3 is 19.9 Å². The maximum Gasteiger partial charge on any atom is 0.387 e. The second-order valence-electron chi connectivity index (χ2n) is 3.83. The summed E-state index contributed by atoms with van der Waals surface area (Å²) in [4.78, 5) is 0. The van der Waals surface area contributed by atoms with Crippen molar-refractivity contribution in [1.82, 2.24) is 5.32 Å². The van der Waals surface area contributed by atoms with Crippen molar-refractivity contribution < 1.29 is 23.4 Å². The minimum absolute atomic E-state index is 0.00320. The lowest BCUT2D eigenvalue weighted by atomic mass is 10.2. The second-order valence-corrected chi connectivity index (χ2v) is 3.83. The van der Waals surface area contributed by atoms with E-state index in [2.05, 4.69) is 10.1 Å². The molecule has 0 heterocycles. The summed E-state index contributed by atoms with van der Waals surface area (Å²) in [7, 11) is 1.39. The van der Waals surface area contributed by atoms with E-state index in [4.69, 9.17) is 9.84 Å². The van der Waals surface area contributed by atoms with Gasteiger partial charge in [0.15, 0.2) is 11.5 Å². The monoisotopic (exact) mass is 261 g/mol. The Hall–Kier alpha value is -1.40. The molecule has 0 saturated carbocycles. The Morgan fingerprint density at radius 3 is 2.61 bits per heavy atom. The van der Waals surface area contributed by atoms with Gasteiger partial charge in [-0.3, -0.25) is 0 Å². The van der Waals surface area contributed by atoms with E-state index in [-0.39, 0.29) is 24.1 Å². The predicted molar refractivity (Wildman–Crippen MR) is 63.0 cm³/mol. The Kier molecular flexibility index (Phi) is 5.80. The lowest BCUT2D eigenvalue weighted by Gasteiger charge is -2.13. The molecular formula is C12H17F2NO3. The molecule has 1 rings (SSSR count). The van der Waals surface area contributed by atoms with Crippen molar-refractivity contribution in [2.75, 3.05) is 13.7 Å². The van der Waals surface area contributed by atoms with Crippen LogP contribution in [0.5, 0.6) is 11.5 Å². The lowest BCUT2D eigenvalue weighted by molar-refractivity contribution is -0.0512. The number of aliphatic hydroxyl groups excluding tert-OH is 1. The number of nitrogens with one attached hydrogen (secondary N) is 1. The number of methoxy groups -OCH3 is 1. The number of alkyl halides is 2. The molecule has 0 amide bonds. The van der Waals surface area contributed by atoms with Gasteiger partial charge in [0.1, 0.15) is 0 Å². The number of aliphatic hydroxyl groups is 1. The number of halogens is 2. The highest BCUT2D eigenvalue weighted by Gasteiger charge is 2.11. The van der Waals surface area contributed by atoms with E-state index in [0.29, 0.717) is 6.54 Å². The Labute approximate surface area is 105 Å². The molecule has 1 aromatic carbocycles. The Bertz CT molecular complexity index is 374. The van der Waals surface area contributed by atoms with Crippen LogP contribution in [-0.4, -0.2) is 31.5 Å². The molecule has 2 N–H and O–H groups in total. The first-order valence-electron chi connectivity index (χ1n) is 5.52. The molecule has 0 aliphatic heterocycles. The molecule has 0 spiro atoms. The summed E-state index contributed by atoms with van der Waals surface area (Å²) in [6.07, 6.45) is 0. The summed E-state index contributed by atoms with van der Waals surface area (Å²) in [5, 5.41) is 11.9. The number of ether oxygens (including phenoxy) is 2. The number of rotatable bonds is 7. The summed E-state index contributed by atoms with van der Waals surface area (Å²) in [5.74, 6) is 0.262. The van der Waals surface area contributed by atoms with Gasteiger partial charge in [-0.05, 0) is 24.6 Å². The quantitative estimate of drug-likeness (QED) is 0.785. The van der Waals surface area contributed by atoms with Gasteiger partial charge in [-0.15, -0.1) is 0 Å². The molecular weight excluding hydrogens is 244 g/mol. The molecule has 102 valence electrons. The average Bonchev–Trinajstić information content (AvgIpc) is 2.35. The van der Waals surface area contributed by atoms with E-state index in [1.807, 2.05) is 6.92 Å². The van der Waals surface area contributed by atoms with Gasteiger partial charge in [-0.1, -0.05) is 6.07 Å². The molecule has 1 atom stereocenters. The minimum Gasteiger partial charge on any atom is -0.493 e. The van der Waals surface area contributed by atoms with Crippen LogP contribution in [0.1, 0.15) is 12.5 Å². The highest BCUT2D eigenvalue weighted by molar-refractivity contribution is 5.42. The molecule has 18 heavy (non-hydrogen) atoms. The van der Waals surface area contributed by atoms with E-state index in [9.17, 15) is 8.78 Å². The first kappa shape index (κ1) is 14.7. The van der Waals surface area contributed by atoms with Crippen LogP contribution in [-0.2, 0) is 6.54 Å². The zero-order valence-electron chi connectivity index (χ0n) is 10.3. The van der Waals surface area contributed by atoms with Crippen LogP contribution >= 0.6 is 0 Å². The average molecular weight is 261 g/mol. The topological polar surface area (TPSA) is 50.7 Å². The molecule has 1 aromatic rings. The van der Waals surface area contributed by atoms with Crippen LogP contribution in [0, 0.1) is 0 Å². The first-order chi connectivity index (χ1) is 8.56. The highest BCUT2D eigenvalue weighted by atomic mass is 19.3. The molecule has 0 aliphatic rings. The summed E-state index contributed by atoms with van der Waals surface area (Å²) in [6, 6.07) is 4.74. The van der Waals surface area contributed by atoms with Crippen LogP contribution in [0.3, 0.4) is 0 Å². The lowest BCUT2D eigenvalue weighted by Crippen LogP contribution is -2.28. The van der Waals surface area contributed by atoms with Gasteiger partial charge in [0.05, 0.1) is 13.7 Å². The van der Waals surface area contributed by atoms with Crippen LogP contribution in [0.15, 0.2) is 18.2 Å². The summed E-state index contributed by atoms with van der Waals surface area (Å²) in [5.41, 5.74) is 0.770. The van der Waals surface area contributed by atoms with E-state index < -0.39 is 6.61 Å². The van der Waals surface area contributed by atoms with E-state index >= 15 is 0 Å². The van der Waals surface area contributed by atoms with Crippen molar-refractivity contribution in [3.05, 3.63) is 23.8 Å². The summed E-state index contributed by atoms with van der Waals surface area (Å²) >= 11 is 0. The fourth-order valence-electron chi connectivity index (χ4n) is 1.38. The van der Waals surface area contributed by atoms with E-state index in [0.717, 1.165) is 5.56 Å². The maximum absolute atomic E-state index is 12.2. The molecule has 0 aromatic heterocycles. The Morgan fingerprint density at radius 2 is 2.06 bits per heavy atom. The first-order valence-corrected chi connectivity index (χ1v) is 5.52. The van der Waals surface area contributed by atoms with E-state index in [1.165, 1.54) is 13.2 Å². The molecule has 0 saturated heterocycles. The number of hydrogen-bond acceptors (Lipinski definition) is 4. The van der Waals surface area contributed by atoms with Crippen molar-refractivity contribution in [3.8, 4) is 11.5 Å². The van der Waals surface area contributed by atoms with Gasteiger partial charge in [0.2, 0.25) is 0 Å².